The maximum absolute atomic E-state index is 4.22. The zero-order valence-corrected chi connectivity index (χ0v) is 11.9. The summed E-state index contributed by atoms with van der Waals surface area (Å²) in [5.74, 6) is 0. The predicted octanol–water partition coefficient (Wildman–Crippen LogP) is 2.65. The van der Waals surface area contributed by atoms with E-state index in [2.05, 4.69) is 47.1 Å². The first kappa shape index (κ1) is 13.2. The number of hydrogen-bond donors (Lipinski definition) is 1. The van der Waals surface area contributed by atoms with Gasteiger partial charge in [0.2, 0.25) is 0 Å². The normalized spacial score (nSPS) is 12.6. The standard InChI is InChI=1S/C14H19N3S/c1-15-13(8-11-9-16-17(2)10-11)12-6-4-5-7-14(12)18-3/h4-7,9-10,13,15H,8H2,1-3H3. The highest BCUT2D eigenvalue weighted by Gasteiger charge is 2.14. The summed E-state index contributed by atoms with van der Waals surface area (Å²) in [6.45, 7) is 0. The molecule has 0 spiro atoms. The molecule has 2 aromatic rings. The van der Waals surface area contributed by atoms with Crippen LogP contribution < -0.4 is 5.32 Å². The molecule has 4 heteroatoms. The predicted molar refractivity (Wildman–Crippen MR) is 76.9 cm³/mol. The molecule has 0 saturated carbocycles. The fourth-order valence-corrected chi connectivity index (χ4v) is 2.80. The summed E-state index contributed by atoms with van der Waals surface area (Å²) in [5, 5.41) is 7.62. The summed E-state index contributed by atoms with van der Waals surface area (Å²) < 4.78 is 1.85. The third-order valence-corrected chi connectivity index (χ3v) is 3.87. The largest absolute Gasteiger partial charge is 0.313 e. The molecule has 1 N–H and O–H groups in total. The van der Waals surface area contributed by atoms with Crippen LogP contribution in [0, 0.1) is 0 Å². The minimum atomic E-state index is 0.331. The zero-order valence-electron chi connectivity index (χ0n) is 11.1. The van der Waals surface area contributed by atoms with E-state index in [9.17, 15) is 0 Å². The van der Waals surface area contributed by atoms with Crippen molar-refractivity contribution in [1.29, 1.82) is 0 Å². The third kappa shape index (κ3) is 2.94. The van der Waals surface area contributed by atoms with Gasteiger partial charge in [-0.15, -0.1) is 11.8 Å². The van der Waals surface area contributed by atoms with Crippen molar-refractivity contribution in [2.75, 3.05) is 13.3 Å². The van der Waals surface area contributed by atoms with Crippen molar-refractivity contribution in [2.45, 2.75) is 17.4 Å². The molecular weight excluding hydrogens is 242 g/mol. The van der Waals surface area contributed by atoms with Crippen molar-refractivity contribution < 1.29 is 0 Å². The lowest BCUT2D eigenvalue weighted by molar-refractivity contribution is 0.582. The highest BCUT2D eigenvalue weighted by molar-refractivity contribution is 7.98. The lowest BCUT2D eigenvalue weighted by Crippen LogP contribution is -2.19. The summed E-state index contributed by atoms with van der Waals surface area (Å²) in [5.41, 5.74) is 2.61. The van der Waals surface area contributed by atoms with E-state index in [4.69, 9.17) is 0 Å². The molecule has 1 unspecified atom stereocenters. The van der Waals surface area contributed by atoms with E-state index in [1.165, 1.54) is 16.0 Å². The summed E-state index contributed by atoms with van der Waals surface area (Å²) in [6.07, 6.45) is 7.09. The van der Waals surface area contributed by atoms with Crippen molar-refractivity contribution in [3.05, 3.63) is 47.8 Å². The molecule has 0 saturated heterocycles. The first-order valence-electron chi connectivity index (χ1n) is 6.02. The number of likely N-dealkylation sites (N-methyl/N-ethyl adjacent to an activating group) is 1. The molecule has 3 nitrogen and oxygen atoms in total. The van der Waals surface area contributed by atoms with E-state index >= 15 is 0 Å². The Morgan fingerprint density at radius 2 is 2.17 bits per heavy atom. The highest BCUT2D eigenvalue weighted by atomic mass is 32.2. The molecule has 18 heavy (non-hydrogen) atoms. The van der Waals surface area contributed by atoms with Gasteiger partial charge in [-0.3, -0.25) is 4.68 Å². The van der Waals surface area contributed by atoms with Crippen molar-refractivity contribution in [3.8, 4) is 0 Å². The molecule has 1 aromatic heterocycles. The lowest BCUT2D eigenvalue weighted by atomic mass is 10.0. The minimum absolute atomic E-state index is 0.331. The minimum Gasteiger partial charge on any atom is -0.313 e. The maximum atomic E-state index is 4.22. The average Bonchev–Trinajstić information content (AvgIpc) is 2.81. The number of benzene rings is 1. The van der Waals surface area contributed by atoms with Crippen LogP contribution in [0.3, 0.4) is 0 Å². The second kappa shape index (κ2) is 6.07. The molecule has 1 heterocycles. The molecule has 96 valence electrons. The van der Waals surface area contributed by atoms with Gasteiger partial charge in [-0.1, -0.05) is 18.2 Å². The van der Waals surface area contributed by atoms with Crippen molar-refractivity contribution in [3.63, 3.8) is 0 Å². The molecule has 0 radical (unpaired) electrons. The Kier molecular flexibility index (Phi) is 4.44. The van der Waals surface area contributed by atoms with Crippen molar-refractivity contribution in [2.24, 2.45) is 7.05 Å². The Bertz CT molecular complexity index is 507. The Morgan fingerprint density at radius 3 is 2.78 bits per heavy atom. The zero-order chi connectivity index (χ0) is 13.0. The number of hydrogen-bond acceptors (Lipinski definition) is 3. The van der Waals surface area contributed by atoms with E-state index in [0.29, 0.717) is 6.04 Å². The highest BCUT2D eigenvalue weighted by Crippen LogP contribution is 2.27. The molecule has 2 rings (SSSR count). The van der Waals surface area contributed by atoms with Gasteiger partial charge >= 0.3 is 0 Å². The van der Waals surface area contributed by atoms with E-state index < -0.39 is 0 Å². The first-order valence-corrected chi connectivity index (χ1v) is 7.24. The summed E-state index contributed by atoms with van der Waals surface area (Å²) >= 11 is 1.79. The first-order chi connectivity index (χ1) is 8.74. The molecule has 0 aliphatic heterocycles. The summed E-state index contributed by atoms with van der Waals surface area (Å²) in [6, 6.07) is 8.89. The van der Waals surface area contributed by atoms with Crippen LogP contribution in [0.1, 0.15) is 17.2 Å². The molecule has 1 atom stereocenters. The lowest BCUT2D eigenvalue weighted by Gasteiger charge is -2.18. The summed E-state index contributed by atoms with van der Waals surface area (Å²) in [7, 11) is 3.96. The van der Waals surface area contributed by atoms with Gasteiger partial charge in [0.15, 0.2) is 0 Å². The van der Waals surface area contributed by atoms with Gasteiger partial charge in [0.25, 0.3) is 0 Å². The van der Waals surface area contributed by atoms with E-state index in [1.54, 1.807) is 11.8 Å². The van der Waals surface area contributed by atoms with Crippen LogP contribution in [0.4, 0.5) is 0 Å². The third-order valence-electron chi connectivity index (χ3n) is 3.06. The van der Waals surface area contributed by atoms with Crippen LogP contribution in [-0.2, 0) is 13.5 Å². The van der Waals surface area contributed by atoms with Crippen molar-refractivity contribution >= 4 is 11.8 Å². The van der Waals surface area contributed by atoms with Gasteiger partial charge < -0.3 is 5.32 Å². The van der Waals surface area contributed by atoms with Gasteiger partial charge in [-0.25, -0.2) is 0 Å². The Balaban J connectivity index is 2.22. The maximum Gasteiger partial charge on any atom is 0.0522 e. The van der Waals surface area contributed by atoms with Crippen LogP contribution in [-0.4, -0.2) is 23.1 Å². The van der Waals surface area contributed by atoms with Gasteiger partial charge in [0.1, 0.15) is 0 Å². The molecule has 0 amide bonds. The number of nitrogens with one attached hydrogen (secondary N) is 1. The monoisotopic (exact) mass is 261 g/mol. The smallest absolute Gasteiger partial charge is 0.0522 e. The van der Waals surface area contributed by atoms with Crippen LogP contribution in [0.25, 0.3) is 0 Å². The SMILES string of the molecule is CNC(Cc1cnn(C)c1)c1ccccc1SC. The molecule has 0 aliphatic carbocycles. The van der Waals surface area contributed by atoms with Crippen molar-refractivity contribution in [1.82, 2.24) is 15.1 Å². The van der Waals surface area contributed by atoms with Gasteiger partial charge in [-0.05, 0) is 36.9 Å². The average molecular weight is 261 g/mol. The van der Waals surface area contributed by atoms with E-state index in [1.807, 2.05) is 25.0 Å². The number of nitrogens with zero attached hydrogens (tertiary/aromatic N) is 2. The molecule has 1 aromatic carbocycles. The number of thioether (sulfide) groups is 1. The van der Waals surface area contributed by atoms with Gasteiger partial charge in [0, 0.05) is 24.2 Å². The topological polar surface area (TPSA) is 29.9 Å². The fraction of sp³-hybridized carbons (Fsp3) is 0.357. The van der Waals surface area contributed by atoms with E-state index in [0.717, 1.165) is 6.42 Å². The second-order valence-corrected chi connectivity index (χ2v) is 5.16. The second-order valence-electron chi connectivity index (χ2n) is 4.31. The Morgan fingerprint density at radius 1 is 1.39 bits per heavy atom. The van der Waals surface area contributed by atoms with Crippen LogP contribution in [0.5, 0.6) is 0 Å². The molecule has 0 fully saturated rings. The quantitative estimate of drug-likeness (QED) is 0.839. The fourth-order valence-electron chi connectivity index (χ4n) is 2.13. The van der Waals surface area contributed by atoms with Crippen LogP contribution >= 0.6 is 11.8 Å². The van der Waals surface area contributed by atoms with Gasteiger partial charge in [0.05, 0.1) is 6.20 Å². The number of aryl methyl sites for hydroxylation is 1. The Labute approximate surface area is 113 Å². The molecule has 0 bridgehead atoms. The number of rotatable bonds is 5. The molecular formula is C14H19N3S. The van der Waals surface area contributed by atoms with Gasteiger partial charge in [-0.2, -0.15) is 5.10 Å². The van der Waals surface area contributed by atoms with Crippen LogP contribution in [0.15, 0.2) is 41.6 Å². The Hall–Kier alpha value is -1.26. The van der Waals surface area contributed by atoms with Crippen LogP contribution in [0.2, 0.25) is 0 Å². The molecule has 0 aliphatic rings. The summed E-state index contributed by atoms with van der Waals surface area (Å²) in [4.78, 5) is 1.33. The van der Waals surface area contributed by atoms with E-state index in [-0.39, 0.29) is 0 Å². The number of aromatic nitrogens is 2.